The van der Waals surface area contributed by atoms with Crippen molar-refractivity contribution in [2.24, 2.45) is 0 Å². The maximum absolute atomic E-state index is 13.0. The van der Waals surface area contributed by atoms with Crippen LogP contribution in [0.1, 0.15) is 12.8 Å². The zero-order chi connectivity index (χ0) is 13.9. The standard InChI is InChI=1S/C12H18FN3O2S/c13-11-4-3-10(9-12(11)14)19(17,18)15-5-8-16-6-1-2-7-16/h3-4,9,15H,1-2,5-8,14H2. The predicted molar refractivity (Wildman–Crippen MR) is 71.7 cm³/mol. The van der Waals surface area contributed by atoms with E-state index in [9.17, 15) is 12.8 Å². The number of halogens is 1. The highest BCUT2D eigenvalue weighted by Gasteiger charge is 2.16. The highest BCUT2D eigenvalue weighted by molar-refractivity contribution is 7.89. The van der Waals surface area contributed by atoms with E-state index in [2.05, 4.69) is 9.62 Å². The molecular weight excluding hydrogens is 269 g/mol. The first-order chi connectivity index (χ1) is 8.99. The summed E-state index contributed by atoms with van der Waals surface area (Å²) in [5, 5.41) is 0. The minimum Gasteiger partial charge on any atom is -0.396 e. The van der Waals surface area contributed by atoms with Crippen LogP contribution < -0.4 is 10.5 Å². The van der Waals surface area contributed by atoms with Crippen LogP contribution in [0.15, 0.2) is 23.1 Å². The number of nitrogens with one attached hydrogen (secondary N) is 1. The predicted octanol–water partition coefficient (Wildman–Crippen LogP) is 0.782. The van der Waals surface area contributed by atoms with E-state index >= 15 is 0 Å². The Hall–Kier alpha value is -1.18. The lowest BCUT2D eigenvalue weighted by Gasteiger charge is -2.15. The molecule has 7 heteroatoms. The van der Waals surface area contributed by atoms with E-state index in [1.807, 2.05) is 0 Å². The molecule has 19 heavy (non-hydrogen) atoms. The summed E-state index contributed by atoms with van der Waals surface area (Å²) in [6.45, 7) is 3.08. The van der Waals surface area contributed by atoms with Crippen molar-refractivity contribution in [3.8, 4) is 0 Å². The first kappa shape index (κ1) is 14.2. The summed E-state index contributed by atoms with van der Waals surface area (Å²) in [7, 11) is -3.61. The molecule has 0 aliphatic carbocycles. The first-order valence-corrected chi connectivity index (χ1v) is 7.74. The molecule has 0 amide bonds. The molecule has 3 N–H and O–H groups in total. The minimum absolute atomic E-state index is 0.00665. The SMILES string of the molecule is Nc1cc(S(=O)(=O)NCCN2CCCC2)ccc1F. The van der Waals surface area contributed by atoms with E-state index in [1.165, 1.54) is 18.9 Å². The second kappa shape index (κ2) is 5.85. The third-order valence-electron chi connectivity index (χ3n) is 3.20. The number of rotatable bonds is 5. The molecule has 2 rings (SSSR count). The van der Waals surface area contributed by atoms with Crippen molar-refractivity contribution in [2.45, 2.75) is 17.7 Å². The van der Waals surface area contributed by atoms with Crippen LogP contribution in [0, 0.1) is 5.82 Å². The zero-order valence-corrected chi connectivity index (χ0v) is 11.4. The Morgan fingerprint density at radius 1 is 1.32 bits per heavy atom. The van der Waals surface area contributed by atoms with Crippen LogP contribution in [0.5, 0.6) is 0 Å². The molecule has 1 aliphatic rings. The van der Waals surface area contributed by atoms with Crippen LogP contribution >= 0.6 is 0 Å². The molecule has 0 atom stereocenters. The average molecular weight is 287 g/mol. The molecule has 0 saturated carbocycles. The summed E-state index contributed by atoms with van der Waals surface area (Å²) in [5.74, 6) is -0.615. The maximum atomic E-state index is 13.0. The minimum atomic E-state index is -3.61. The van der Waals surface area contributed by atoms with Crippen LogP contribution in [0.4, 0.5) is 10.1 Å². The van der Waals surface area contributed by atoms with Crippen molar-refractivity contribution in [2.75, 3.05) is 31.9 Å². The third kappa shape index (κ3) is 3.65. The van der Waals surface area contributed by atoms with Gasteiger partial charge >= 0.3 is 0 Å². The second-order valence-electron chi connectivity index (χ2n) is 4.63. The van der Waals surface area contributed by atoms with Gasteiger partial charge in [-0.15, -0.1) is 0 Å². The fourth-order valence-corrected chi connectivity index (χ4v) is 3.17. The Morgan fingerprint density at radius 2 is 2.00 bits per heavy atom. The van der Waals surface area contributed by atoms with Crippen molar-refractivity contribution in [1.82, 2.24) is 9.62 Å². The van der Waals surface area contributed by atoms with Gasteiger partial charge < -0.3 is 10.6 Å². The van der Waals surface area contributed by atoms with E-state index < -0.39 is 15.8 Å². The van der Waals surface area contributed by atoms with Gasteiger partial charge in [0.25, 0.3) is 0 Å². The van der Waals surface area contributed by atoms with Gasteiger partial charge in [0, 0.05) is 13.1 Å². The van der Waals surface area contributed by atoms with Gasteiger partial charge in [-0.05, 0) is 44.1 Å². The Bertz CT molecular complexity index is 542. The van der Waals surface area contributed by atoms with Crippen molar-refractivity contribution >= 4 is 15.7 Å². The number of sulfonamides is 1. The van der Waals surface area contributed by atoms with E-state index in [0.29, 0.717) is 13.1 Å². The molecule has 1 heterocycles. The Balaban J connectivity index is 1.95. The van der Waals surface area contributed by atoms with Crippen molar-refractivity contribution in [3.05, 3.63) is 24.0 Å². The topological polar surface area (TPSA) is 75.4 Å². The van der Waals surface area contributed by atoms with Crippen molar-refractivity contribution in [1.29, 1.82) is 0 Å². The van der Waals surface area contributed by atoms with Crippen LogP contribution in [0.2, 0.25) is 0 Å². The van der Waals surface area contributed by atoms with Gasteiger partial charge in [-0.25, -0.2) is 17.5 Å². The smallest absolute Gasteiger partial charge is 0.240 e. The summed E-state index contributed by atoms with van der Waals surface area (Å²) >= 11 is 0. The highest BCUT2D eigenvalue weighted by atomic mass is 32.2. The quantitative estimate of drug-likeness (QED) is 0.785. The number of anilines is 1. The maximum Gasteiger partial charge on any atom is 0.240 e. The van der Waals surface area contributed by atoms with Crippen molar-refractivity contribution in [3.63, 3.8) is 0 Å². The Morgan fingerprint density at radius 3 is 2.63 bits per heavy atom. The van der Waals surface area contributed by atoms with E-state index in [0.717, 1.165) is 25.2 Å². The van der Waals surface area contributed by atoms with Crippen LogP contribution in [0.25, 0.3) is 0 Å². The van der Waals surface area contributed by atoms with Gasteiger partial charge in [0.2, 0.25) is 10.0 Å². The van der Waals surface area contributed by atoms with Crippen molar-refractivity contribution < 1.29 is 12.8 Å². The molecule has 1 saturated heterocycles. The Kier molecular flexibility index (Phi) is 4.38. The lowest BCUT2D eigenvalue weighted by Crippen LogP contribution is -2.33. The number of hydrogen-bond acceptors (Lipinski definition) is 4. The van der Waals surface area contributed by atoms with E-state index in [1.54, 1.807) is 0 Å². The molecule has 0 unspecified atom stereocenters. The molecule has 1 aromatic rings. The van der Waals surface area contributed by atoms with Gasteiger partial charge in [0.05, 0.1) is 10.6 Å². The molecular formula is C12H18FN3O2S. The zero-order valence-electron chi connectivity index (χ0n) is 10.6. The molecule has 0 aromatic heterocycles. The first-order valence-electron chi connectivity index (χ1n) is 6.26. The monoisotopic (exact) mass is 287 g/mol. The third-order valence-corrected chi connectivity index (χ3v) is 4.66. The van der Waals surface area contributed by atoms with Crippen LogP contribution in [-0.4, -0.2) is 39.5 Å². The molecule has 1 aliphatic heterocycles. The average Bonchev–Trinajstić information content (AvgIpc) is 2.85. The number of nitrogens with zero attached hydrogens (tertiary/aromatic N) is 1. The van der Waals surface area contributed by atoms with Gasteiger partial charge in [0.15, 0.2) is 0 Å². The van der Waals surface area contributed by atoms with Gasteiger partial charge in [0.1, 0.15) is 5.82 Å². The molecule has 0 spiro atoms. The molecule has 0 bridgehead atoms. The number of likely N-dealkylation sites (tertiary alicyclic amines) is 1. The summed E-state index contributed by atoms with van der Waals surface area (Å²) in [4.78, 5) is 2.20. The van der Waals surface area contributed by atoms with Gasteiger partial charge in [-0.3, -0.25) is 0 Å². The summed E-state index contributed by atoms with van der Waals surface area (Å²) < 4.78 is 39.4. The second-order valence-corrected chi connectivity index (χ2v) is 6.40. The normalized spacial score (nSPS) is 16.9. The summed E-state index contributed by atoms with van der Waals surface area (Å²) in [5.41, 5.74) is 5.21. The number of hydrogen-bond donors (Lipinski definition) is 2. The molecule has 106 valence electrons. The number of nitrogens with two attached hydrogens (primary N) is 1. The highest BCUT2D eigenvalue weighted by Crippen LogP contribution is 2.16. The molecule has 0 radical (unpaired) electrons. The lowest BCUT2D eigenvalue weighted by atomic mass is 10.3. The molecule has 5 nitrogen and oxygen atoms in total. The van der Waals surface area contributed by atoms with Crippen LogP contribution in [-0.2, 0) is 10.0 Å². The summed E-state index contributed by atoms with van der Waals surface area (Å²) in [6, 6.07) is 3.40. The van der Waals surface area contributed by atoms with Gasteiger partial charge in [-0.2, -0.15) is 0 Å². The lowest BCUT2D eigenvalue weighted by molar-refractivity contribution is 0.344. The van der Waals surface area contributed by atoms with Gasteiger partial charge in [-0.1, -0.05) is 0 Å². The fraction of sp³-hybridized carbons (Fsp3) is 0.500. The fourth-order valence-electron chi connectivity index (χ4n) is 2.12. The van der Waals surface area contributed by atoms with E-state index in [-0.39, 0.29) is 10.6 Å². The largest absolute Gasteiger partial charge is 0.396 e. The number of nitrogen functional groups attached to an aromatic ring is 1. The summed E-state index contributed by atoms with van der Waals surface area (Å²) in [6.07, 6.45) is 2.34. The van der Waals surface area contributed by atoms with Crippen LogP contribution in [0.3, 0.4) is 0 Å². The molecule has 1 fully saturated rings. The molecule has 1 aromatic carbocycles. The number of benzene rings is 1. The Labute approximate surface area is 112 Å². The van der Waals surface area contributed by atoms with E-state index in [4.69, 9.17) is 5.73 Å².